The van der Waals surface area contributed by atoms with Crippen molar-refractivity contribution in [3.05, 3.63) is 59.7 Å². The Balaban J connectivity index is 1.42. The summed E-state index contributed by atoms with van der Waals surface area (Å²) in [6, 6.07) is 12.2. The summed E-state index contributed by atoms with van der Waals surface area (Å²) in [5, 5.41) is -0.0445. The van der Waals surface area contributed by atoms with Gasteiger partial charge in [-0.2, -0.15) is 4.31 Å². The van der Waals surface area contributed by atoms with Gasteiger partial charge in [0.2, 0.25) is 16.8 Å². The van der Waals surface area contributed by atoms with Crippen molar-refractivity contribution in [1.29, 1.82) is 0 Å². The second-order valence-electron chi connectivity index (χ2n) is 13.6. The van der Waals surface area contributed by atoms with E-state index in [4.69, 9.17) is 23.4 Å². The van der Waals surface area contributed by atoms with Crippen LogP contribution in [0.15, 0.2) is 53.4 Å². The molecule has 0 bridgehead atoms. The lowest BCUT2D eigenvalue weighted by molar-refractivity contribution is -0.155. The number of benzene rings is 2. The third kappa shape index (κ3) is 5.06. The lowest BCUT2D eigenvalue weighted by atomic mass is 9.82. The Morgan fingerprint density at radius 2 is 1.63 bits per heavy atom. The van der Waals surface area contributed by atoms with Crippen LogP contribution in [0.2, 0.25) is 18.1 Å². The van der Waals surface area contributed by atoms with E-state index in [9.17, 15) is 8.42 Å². The van der Waals surface area contributed by atoms with Crippen molar-refractivity contribution in [2.24, 2.45) is 5.92 Å². The molecule has 10 heteroatoms. The van der Waals surface area contributed by atoms with Crippen LogP contribution < -0.4 is 9.47 Å². The quantitative estimate of drug-likeness (QED) is 0.310. The summed E-state index contributed by atoms with van der Waals surface area (Å²) >= 11 is 0. The van der Waals surface area contributed by atoms with Crippen molar-refractivity contribution in [1.82, 2.24) is 4.31 Å². The van der Waals surface area contributed by atoms with E-state index in [1.54, 1.807) is 16.4 Å². The minimum Gasteiger partial charge on any atom is -0.454 e. The van der Waals surface area contributed by atoms with Gasteiger partial charge in [0, 0.05) is 5.92 Å². The van der Waals surface area contributed by atoms with Gasteiger partial charge in [-0.05, 0) is 68.7 Å². The molecule has 1 saturated carbocycles. The SMILES string of the molecule is Cc1ccc(S(=O)(=O)N2C3[C@@H]4OC(C)(C)O[C@@H]4[C@@H](O[Si](C)(C)C(C)(C)C)[C@H](/C=C\c4ccc5c(c4)OCO5)[C@H]32)cc1. The summed E-state index contributed by atoms with van der Waals surface area (Å²) in [4.78, 5) is 0.285. The molecular formula is C31H41NO7SSi. The highest BCUT2D eigenvalue weighted by molar-refractivity contribution is 7.89. The molecule has 3 fully saturated rings. The fourth-order valence-corrected chi connectivity index (χ4v) is 9.15. The van der Waals surface area contributed by atoms with Crippen LogP contribution in [0.4, 0.5) is 0 Å². The van der Waals surface area contributed by atoms with Gasteiger partial charge < -0.3 is 23.4 Å². The van der Waals surface area contributed by atoms with E-state index in [2.05, 4.69) is 39.9 Å². The van der Waals surface area contributed by atoms with E-state index in [0.29, 0.717) is 5.75 Å². The van der Waals surface area contributed by atoms with Gasteiger partial charge in [0.05, 0.1) is 23.1 Å². The summed E-state index contributed by atoms with van der Waals surface area (Å²) in [5.41, 5.74) is 1.95. The van der Waals surface area contributed by atoms with Gasteiger partial charge in [0.1, 0.15) is 12.2 Å². The molecule has 3 aliphatic heterocycles. The Hall–Kier alpha value is -2.21. The highest BCUT2D eigenvalue weighted by Crippen LogP contribution is 2.55. The van der Waals surface area contributed by atoms with E-state index < -0.39 is 36.3 Å². The Bertz CT molecular complexity index is 1460. The van der Waals surface area contributed by atoms with Crippen LogP contribution in [0.25, 0.3) is 6.08 Å². The molecule has 4 aliphatic rings. The average molecular weight is 600 g/mol. The average Bonchev–Trinajstić information content (AvgIpc) is 3.29. The van der Waals surface area contributed by atoms with Crippen molar-refractivity contribution in [3.8, 4) is 11.5 Å². The third-order valence-electron chi connectivity index (χ3n) is 9.19. The number of sulfonamides is 1. The third-order valence-corrected chi connectivity index (χ3v) is 15.6. The summed E-state index contributed by atoms with van der Waals surface area (Å²) < 4.78 is 60.9. The van der Waals surface area contributed by atoms with Crippen molar-refractivity contribution in [2.75, 3.05) is 6.79 Å². The maximum Gasteiger partial charge on any atom is 0.243 e. The number of hydrogen-bond donors (Lipinski definition) is 0. The van der Waals surface area contributed by atoms with E-state index in [1.807, 2.05) is 57.2 Å². The largest absolute Gasteiger partial charge is 0.454 e. The maximum atomic E-state index is 14.1. The summed E-state index contributed by atoms with van der Waals surface area (Å²) in [6.07, 6.45) is 2.91. The fourth-order valence-electron chi connectivity index (χ4n) is 6.01. The Morgan fingerprint density at radius 3 is 2.32 bits per heavy atom. The molecule has 0 N–H and O–H groups in total. The molecule has 0 amide bonds. The van der Waals surface area contributed by atoms with E-state index in [1.165, 1.54) is 0 Å². The molecule has 41 heavy (non-hydrogen) atoms. The minimum atomic E-state index is -3.78. The number of hydrogen-bond acceptors (Lipinski definition) is 7. The standard InChI is InChI=1S/C31H41NO7SSi/c1-19-9-13-21(14-10-19)40(33,34)32-25-22(15-11-20-12-16-23-24(17-20)36-18-35-23)27(39-41(7,8)30(2,3)4)29-28(26(25)32)37-31(5,6)38-29/h9-17,22,25-29H,18H2,1-8H3/b15-11-/t22-,25-,26?,27+,28+,29-,32?/m1/s1. The number of fused-ring (bicyclic) bond motifs is 4. The predicted octanol–water partition coefficient (Wildman–Crippen LogP) is 5.72. The molecular weight excluding hydrogens is 558 g/mol. The van der Waals surface area contributed by atoms with Gasteiger partial charge in [0.25, 0.3) is 0 Å². The summed E-state index contributed by atoms with van der Waals surface area (Å²) in [5.74, 6) is 0.316. The monoisotopic (exact) mass is 599 g/mol. The molecule has 7 atom stereocenters. The van der Waals surface area contributed by atoms with Crippen LogP contribution in [0.3, 0.4) is 0 Å². The Morgan fingerprint density at radius 1 is 0.976 bits per heavy atom. The lowest BCUT2D eigenvalue weighted by Crippen LogP contribution is -2.56. The molecule has 2 aromatic carbocycles. The maximum absolute atomic E-state index is 14.1. The molecule has 0 spiro atoms. The van der Waals surface area contributed by atoms with Gasteiger partial charge in [0.15, 0.2) is 25.6 Å². The van der Waals surface area contributed by atoms with Crippen molar-refractivity contribution >= 4 is 24.4 Å². The van der Waals surface area contributed by atoms with Crippen LogP contribution in [-0.4, -0.2) is 64.0 Å². The van der Waals surface area contributed by atoms with Gasteiger partial charge >= 0.3 is 0 Å². The highest BCUT2D eigenvalue weighted by Gasteiger charge is 2.72. The van der Waals surface area contributed by atoms with Crippen LogP contribution >= 0.6 is 0 Å². The van der Waals surface area contributed by atoms with Gasteiger partial charge in [-0.25, -0.2) is 8.42 Å². The Kier molecular flexibility index (Phi) is 6.80. The van der Waals surface area contributed by atoms with E-state index in [0.717, 1.165) is 16.9 Å². The van der Waals surface area contributed by atoms with Crippen LogP contribution in [0.1, 0.15) is 45.7 Å². The van der Waals surface area contributed by atoms with Crippen molar-refractivity contribution < 1.29 is 31.8 Å². The summed E-state index contributed by atoms with van der Waals surface area (Å²) in [6.45, 7) is 17.0. The first kappa shape index (κ1) is 28.9. The molecule has 2 aromatic rings. The molecule has 6 rings (SSSR count). The van der Waals surface area contributed by atoms with Gasteiger partial charge in [-0.3, -0.25) is 0 Å². The van der Waals surface area contributed by atoms with E-state index >= 15 is 0 Å². The molecule has 1 aliphatic carbocycles. The zero-order valence-corrected chi connectivity index (χ0v) is 26.9. The zero-order valence-electron chi connectivity index (χ0n) is 25.1. The number of rotatable bonds is 6. The van der Waals surface area contributed by atoms with Crippen LogP contribution in [0.5, 0.6) is 11.5 Å². The van der Waals surface area contributed by atoms with Gasteiger partial charge in [-0.15, -0.1) is 0 Å². The zero-order chi connectivity index (χ0) is 29.5. The fraction of sp³-hybridized carbons (Fsp3) is 0.548. The second-order valence-corrected chi connectivity index (χ2v) is 20.2. The normalized spacial score (nSPS) is 32.1. The first-order chi connectivity index (χ1) is 19.1. The van der Waals surface area contributed by atoms with Crippen molar-refractivity contribution in [2.45, 2.75) is 101 Å². The van der Waals surface area contributed by atoms with Crippen LogP contribution in [0, 0.1) is 12.8 Å². The minimum absolute atomic E-state index is 0.0445. The molecule has 222 valence electrons. The number of aryl methyl sites for hydroxylation is 1. The number of ether oxygens (including phenoxy) is 4. The highest BCUT2D eigenvalue weighted by atomic mass is 32.2. The second kappa shape index (κ2) is 9.65. The van der Waals surface area contributed by atoms with Crippen LogP contribution in [-0.2, 0) is 23.9 Å². The van der Waals surface area contributed by atoms with Crippen molar-refractivity contribution in [3.63, 3.8) is 0 Å². The molecule has 8 nitrogen and oxygen atoms in total. The predicted molar refractivity (Wildman–Crippen MR) is 159 cm³/mol. The first-order valence-corrected chi connectivity index (χ1v) is 18.7. The lowest BCUT2D eigenvalue weighted by Gasteiger charge is -2.44. The number of nitrogens with zero attached hydrogens (tertiary/aromatic N) is 1. The first-order valence-electron chi connectivity index (χ1n) is 14.3. The van der Waals surface area contributed by atoms with E-state index in [-0.39, 0.29) is 40.8 Å². The Labute approximate surface area is 244 Å². The smallest absolute Gasteiger partial charge is 0.243 e. The van der Waals surface area contributed by atoms with Gasteiger partial charge in [-0.1, -0.05) is 56.7 Å². The molecule has 0 aromatic heterocycles. The topological polar surface area (TPSA) is 83.3 Å². The summed E-state index contributed by atoms with van der Waals surface area (Å²) in [7, 11) is -6.06. The molecule has 2 unspecified atom stereocenters. The molecule has 2 saturated heterocycles. The molecule has 3 heterocycles. The molecule has 0 radical (unpaired) electrons.